The van der Waals surface area contributed by atoms with Crippen molar-refractivity contribution >= 4 is 138 Å². The molecule has 34 heteroatoms. The molecule has 0 radical (unpaired) electrons. The number of hydrogen-bond donors (Lipinski definition) is 11. The average molecular weight is 1310 g/mol. The predicted octanol–water partition coefficient (Wildman–Crippen LogP) is 4.50. The third kappa shape index (κ3) is 13.8. The Labute approximate surface area is 542 Å². The summed E-state index contributed by atoms with van der Waals surface area (Å²) in [4.78, 5) is 157. The van der Waals surface area contributed by atoms with Crippen molar-refractivity contribution in [2.75, 3.05) is 67.6 Å². The van der Waals surface area contributed by atoms with Gasteiger partial charge in [-0.15, -0.1) is 11.6 Å². The molecule has 0 saturated carbocycles. The highest BCUT2D eigenvalue weighted by Gasteiger charge is 2.36. The lowest BCUT2D eigenvalue weighted by Crippen LogP contribution is -2.32. The van der Waals surface area contributed by atoms with E-state index in [-0.39, 0.29) is 125 Å². The minimum absolute atomic E-state index is 0.0124. The van der Waals surface area contributed by atoms with Gasteiger partial charge in [0.15, 0.2) is 29.1 Å². The first kappa shape index (κ1) is 64.1. The number of aromatic hydroxyl groups is 1. The second-order valence-corrected chi connectivity index (χ2v) is 22.6. The van der Waals surface area contributed by atoms with Gasteiger partial charge in [-0.25, -0.2) is 24.9 Å². The Bertz CT molecular complexity index is 4810. The summed E-state index contributed by atoms with van der Waals surface area (Å²) in [5, 5.41) is 36.6. The summed E-state index contributed by atoms with van der Waals surface area (Å²) in [6.07, 6.45) is 8.31. The van der Waals surface area contributed by atoms with Crippen molar-refractivity contribution < 1.29 is 53.1 Å². The van der Waals surface area contributed by atoms with Crippen molar-refractivity contribution in [1.29, 1.82) is 0 Å². The van der Waals surface area contributed by atoms with Crippen LogP contribution in [-0.4, -0.2) is 147 Å². The van der Waals surface area contributed by atoms with Crippen molar-refractivity contribution in [2.24, 2.45) is 42.3 Å². The Morgan fingerprint density at radius 3 is 1.52 bits per heavy atom. The van der Waals surface area contributed by atoms with Crippen molar-refractivity contribution in [3.05, 3.63) is 144 Å². The maximum atomic E-state index is 14.0. The molecule has 33 nitrogen and oxygen atoms in total. The van der Waals surface area contributed by atoms with Crippen molar-refractivity contribution in [3.63, 3.8) is 0 Å². The summed E-state index contributed by atoms with van der Waals surface area (Å²) < 4.78 is 8.42. The molecule has 0 spiro atoms. The number of phenols is 1. The zero-order valence-electron chi connectivity index (χ0n) is 51.8. The first-order valence-electron chi connectivity index (χ1n) is 29.2. The molecule has 10 amide bonds. The van der Waals surface area contributed by atoms with Gasteiger partial charge < -0.3 is 90.2 Å². The zero-order valence-corrected chi connectivity index (χ0v) is 52.6. The largest absolute Gasteiger partial charge is 0.507 e. The SMILES string of the molecule is CC(=O)Nc1cn(C)c(C(=O)Nc2cn(C)c(C(=O)Nc3cc(C(=O)NCCC(=O)NCCC(=O)Nc4cn(C)c(C(=O)Nc5cn(C)c(C(=O)Nc6cn(C)c(C(=O)Nc7ccc8[nH]c(C(=O)N9CC(CCl)c%10c9cc(O)c9ccccc%109)cc8c7)n6)n5)n4)n(C)c3)n2)n1. The number of carbonyl (C=O) groups excluding carboxylic acids is 10. The van der Waals surface area contributed by atoms with Crippen LogP contribution in [0.15, 0.2) is 97.8 Å². The van der Waals surface area contributed by atoms with E-state index in [9.17, 15) is 53.1 Å². The van der Waals surface area contributed by atoms with Crippen molar-refractivity contribution in [2.45, 2.75) is 25.7 Å². The minimum atomic E-state index is -0.727. The molecule has 11 N–H and O–H groups in total. The molecule has 1 aliphatic heterocycles. The van der Waals surface area contributed by atoms with E-state index in [4.69, 9.17) is 11.6 Å². The van der Waals surface area contributed by atoms with Crippen LogP contribution < -0.4 is 52.8 Å². The number of aromatic amines is 1. The second-order valence-electron chi connectivity index (χ2n) is 22.3. The lowest BCUT2D eigenvalue weighted by molar-refractivity contribution is -0.121. The molecule has 11 rings (SSSR count). The van der Waals surface area contributed by atoms with Gasteiger partial charge in [0.1, 0.15) is 17.1 Å². The molecule has 0 bridgehead atoms. The van der Waals surface area contributed by atoms with E-state index in [0.717, 1.165) is 10.9 Å². The van der Waals surface area contributed by atoms with Crippen LogP contribution in [0.3, 0.4) is 0 Å². The lowest BCUT2D eigenvalue weighted by Gasteiger charge is -2.17. The fraction of sp³-hybridized carbons (Fsp3) is 0.230. The number of carbonyl (C=O) groups is 10. The number of phenolic OH excluding ortho intramolecular Hbond substituents is 1. The van der Waals surface area contributed by atoms with E-state index in [1.165, 1.54) is 91.7 Å². The standard InChI is InChI=1S/C61H61ClN22O11/c1-30(85)65-42-25-79(3)52(70-42)58(92)75-45-28-82(6)51(73-45)57(91)67-34-20-40(78(2)24-34)55(89)64-17-14-47(87)63-16-15-48(88)69-43-26-80(4)53(71-43)59(93)77-46-29-83(7)54(74-46)60(94)76-44-27-81(5)50(72-44)56(90)66-33-12-13-37-31(18-33)19-38(68-37)61(95)84-23-32(22-62)49-36-11-9-8-10-35(36)41(86)21-39(49)84/h8-13,18-21,24-29,32,68,86H,14-17,22-23H2,1-7H3,(H,63,87)(H,64,89)(H,65,85)(H,66,90)(H,67,91)(H,69,88)(H,75,92)(H,76,94)(H,77,93). The lowest BCUT2D eigenvalue weighted by atomic mass is 9.95. The van der Waals surface area contributed by atoms with Gasteiger partial charge >= 0.3 is 0 Å². The molecular formula is C61H61ClN22O11. The topological polar surface area (TPSA) is 412 Å². The van der Waals surface area contributed by atoms with Gasteiger partial charge in [0.25, 0.3) is 41.4 Å². The molecule has 8 heterocycles. The number of benzene rings is 3. The molecule has 95 heavy (non-hydrogen) atoms. The van der Waals surface area contributed by atoms with Crippen LogP contribution in [0.5, 0.6) is 5.75 Å². The highest BCUT2D eigenvalue weighted by Crippen LogP contribution is 2.46. The normalized spacial score (nSPS) is 12.5. The van der Waals surface area contributed by atoms with Crippen LogP contribution in [0, 0.1) is 0 Å². The molecule has 0 saturated heterocycles. The highest BCUT2D eigenvalue weighted by atomic mass is 35.5. The van der Waals surface area contributed by atoms with Gasteiger partial charge in [-0.3, -0.25) is 47.9 Å². The van der Waals surface area contributed by atoms with E-state index < -0.39 is 47.3 Å². The third-order valence-corrected chi connectivity index (χ3v) is 15.6. The van der Waals surface area contributed by atoms with Crippen LogP contribution in [-0.2, 0) is 56.7 Å². The molecule has 3 aromatic carbocycles. The number of aryl methyl sites for hydroxylation is 6. The fourth-order valence-electron chi connectivity index (χ4n) is 10.8. The number of imidazole rings is 5. The summed E-state index contributed by atoms with van der Waals surface area (Å²) >= 11 is 6.41. The summed E-state index contributed by atoms with van der Waals surface area (Å²) in [6.45, 7) is 1.50. The molecule has 1 atom stereocenters. The third-order valence-electron chi connectivity index (χ3n) is 15.2. The molecule has 488 valence electrons. The Balaban J connectivity index is 0.603. The number of anilines is 8. The summed E-state index contributed by atoms with van der Waals surface area (Å²) in [5.74, 6) is -5.45. The number of nitrogens with zero attached hydrogens (tertiary/aromatic N) is 12. The molecule has 0 aliphatic carbocycles. The number of fused-ring (bicyclic) bond motifs is 4. The second kappa shape index (κ2) is 26.4. The summed E-state index contributed by atoms with van der Waals surface area (Å²) in [7, 11) is 9.33. The van der Waals surface area contributed by atoms with Crippen LogP contribution in [0.25, 0.3) is 21.7 Å². The van der Waals surface area contributed by atoms with E-state index >= 15 is 0 Å². The minimum Gasteiger partial charge on any atom is -0.507 e. The molecule has 10 aromatic rings. The molecular weight excluding hydrogens is 1250 g/mol. The fourth-order valence-corrected chi connectivity index (χ4v) is 11.1. The first-order valence-corrected chi connectivity index (χ1v) is 29.7. The number of aromatic nitrogens is 12. The van der Waals surface area contributed by atoms with Gasteiger partial charge in [0.2, 0.25) is 46.8 Å². The number of nitrogens with one attached hydrogen (secondary N) is 10. The zero-order chi connectivity index (χ0) is 67.7. The monoisotopic (exact) mass is 1310 g/mol. The van der Waals surface area contributed by atoms with Crippen LogP contribution >= 0.6 is 11.6 Å². The molecule has 1 aliphatic rings. The van der Waals surface area contributed by atoms with E-state index in [2.05, 4.69) is 77.8 Å². The summed E-state index contributed by atoms with van der Waals surface area (Å²) in [5.41, 5.74) is 3.23. The van der Waals surface area contributed by atoms with E-state index in [0.29, 0.717) is 39.9 Å². The van der Waals surface area contributed by atoms with E-state index in [1.807, 2.05) is 24.3 Å². The molecule has 0 fully saturated rings. The number of alkyl halides is 1. The smallest absolute Gasteiger partial charge is 0.292 e. The highest BCUT2D eigenvalue weighted by molar-refractivity contribution is 6.19. The number of rotatable bonds is 21. The van der Waals surface area contributed by atoms with E-state index in [1.54, 1.807) is 63.4 Å². The van der Waals surface area contributed by atoms with Gasteiger partial charge in [-0.1, -0.05) is 24.3 Å². The maximum Gasteiger partial charge on any atom is 0.292 e. The number of hydrogen-bond acceptors (Lipinski definition) is 16. The van der Waals surface area contributed by atoms with Crippen LogP contribution in [0.4, 0.5) is 46.2 Å². The Morgan fingerprint density at radius 1 is 0.516 bits per heavy atom. The molecule has 1 unspecified atom stereocenters. The maximum absolute atomic E-state index is 14.0. The Kier molecular flexibility index (Phi) is 17.8. The van der Waals surface area contributed by atoms with Gasteiger partial charge in [-0.2, -0.15) is 0 Å². The number of amides is 10. The number of H-pyrrole nitrogens is 1. The predicted molar refractivity (Wildman–Crippen MR) is 348 cm³/mol. The number of halogens is 1. The quantitative estimate of drug-likeness (QED) is 0.0441. The first-order chi connectivity index (χ1) is 45.4. The summed E-state index contributed by atoms with van der Waals surface area (Å²) in [6, 6.07) is 17.2. The van der Waals surface area contributed by atoms with Crippen molar-refractivity contribution in [3.8, 4) is 5.75 Å². The van der Waals surface area contributed by atoms with Crippen molar-refractivity contribution in [1.82, 2.24) is 67.9 Å². The average Bonchev–Trinajstić information content (AvgIpc) is 1.65. The van der Waals surface area contributed by atoms with Crippen LogP contribution in [0.1, 0.15) is 105 Å². The van der Waals surface area contributed by atoms with Gasteiger partial charge in [-0.05, 0) is 41.3 Å². The molecule has 7 aromatic heterocycles. The van der Waals surface area contributed by atoms with Gasteiger partial charge in [0.05, 0.1) is 11.4 Å². The van der Waals surface area contributed by atoms with Gasteiger partial charge in [0, 0.05) is 159 Å². The Hall–Kier alpha value is -12.4. The Morgan fingerprint density at radius 2 is 0.989 bits per heavy atom. The van der Waals surface area contributed by atoms with Crippen LogP contribution in [0.2, 0.25) is 0 Å².